The Morgan fingerprint density at radius 2 is 2.11 bits per heavy atom. The lowest BCUT2D eigenvalue weighted by Gasteiger charge is -2.15. The number of hydrogen-bond acceptors (Lipinski definition) is 3. The number of carboxylic acids is 1. The van der Waals surface area contributed by atoms with E-state index in [4.69, 9.17) is 23.2 Å². The molecule has 100 valence electrons. The van der Waals surface area contributed by atoms with Crippen LogP contribution in [-0.2, 0) is 11.3 Å². The van der Waals surface area contributed by atoms with E-state index in [0.717, 1.165) is 4.88 Å². The van der Waals surface area contributed by atoms with Crippen LogP contribution in [0.5, 0.6) is 0 Å². The van der Waals surface area contributed by atoms with E-state index >= 15 is 0 Å². The van der Waals surface area contributed by atoms with Crippen LogP contribution in [0.3, 0.4) is 0 Å². The van der Waals surface area contributed by atoms with Crippen LogP contribution in [0.4, 0.5) is 0 Å². The Bertz CT molecular complexity index is 572. The molecule has 1 heterocycles. The first-order chi connectivity index (χ1) is 9.08. The lowest BCUT2D eigenvalue weighted by Crippen LogP contribution is -2.27. The van der Waals surface area contributed by atoms with Gasteiger partial charge in [-0.1, -0.05) is 35.3 Å². The van der Waals surface area contributed by atoms with Crippen LogP contribution in [0.2, 0.25) is 10.0 Å². The summed E-state index contributed by atoms with van der Waals surface area (Å²) in [4.78, 5) is 12.4. The maximum absolute atomic E-state index is 11.3. The molecule has 0 aliphatic heterocycles. The molecule has 19 heavy (non-hydrogen) atoms. The summed E-state index contributed by atoms with van der Waals surface area (Å²) in [5.41, 5.74) is 0.582. The Morgan fingerprint density at radius 1 is 1.32 bits per heavy atom. The molecular formula is C13H11Cl2NO2S. The SMILES string of the molecule is O=C(O)C(NCc1cccs1)c1ccc(Cl)c(Cl)c1. The van der Waals surface area contributed by atoms with Gasteiger partial charge in [0, 0.05) is 11.4 Å². The third kappa shape index (κ3) is 3.70. The molecule has 0 amide bonds. The van der Waals surface area contributed by atoms with Crippen LogP contribution in [0.25, 0.3) is 0 Å². The second-order valence-corrected chi connectivity index (χ2v) is 5.75. The Hall–Kier alpha value is -1.07. The van der Waals surface area contributed by atoms with Gasteiger partial charge in [0.05, 0.1) is 10.0 Å². The predicted molar refractivity (Wildman–Crippen MR) is 78.0 cm³/mol. The van der Waals surface area contributed by atoms with Crippen molar-refractivity contribution >= 4 is 40.5 Å². The highest BCUT2D eigenvalue weighted by molar-refractivity contribution is 7.09. The fourth-order valence-corrected chi connectivity index (χ4v) is 2.62. The molecule has 0 fully saturated rings. The highest BCUT2D eigenvalue weighted by Gasteiger charge is 2.20. The fourth-order valence-electron chi connectivity index (χ4n) is 1.66. The first kappa shape index (κ1) is 14.3. The Morgan fingerprint density at radius 3 is 2.68 bits per heavy atom. The number of nitrogens with one attached hydrogen (secondary N) is 1. The van der Waals surface area contributed by atoms with Gasteiger partial charge in [-0.15, -0.1) is 11.3 Å². The maximum Gasteiger partial charge on any atom is 0.325 e. The molecule has 0 saturated carbocycles. The van der Waals surface area contributed by atoms with Crippen molar-refractivity contribution < 1.29 is 9.90 Å². The number of carboxylic acid groups (broad SMARTS) is 1. The average molecular weight is 316 g/mol. The second-order valence-electron chi connectivity index (χ2n) is 3.91. The minimum Gasteiger partial charge on any atom is -0.480 e. The van der Waals surface area contributed by atoms with Gasteiger partial charge in [-0.25, -0.2) is 0 Å². The number of aliphatic carboxylic acids is 1. The van der Waals surface area contributed by atoms with E-state index in [-0.39, 0.29) is 0 Å². The van der Waals surface area contributed by atoms with E-state index in [0.29, 0.717) is 22.2 Å². The summed E-state index contributed by atoms with van der Waals surface area (Å²) in [7, 11) is 0. The molecule has 0 bridgehead atoms. The zero-order valence-corrected chi connectivity index (χ0v) is 12.1. The smallest absolute Gasteiger partial charge is 0.325 e. The molecular weight excluding hydrogens is 305 g/mol. The molecule has 2 N–H and O–H groups in total. The number of benzene rings is 1. The number of rotatable bonds is 5. The predicted octanol–water partition coefficient (Wildman–Crippen LogP) is 3.97. The van der Waals surface area contributed by atoms with Gasteiger partial charge in [-0.05, 0) is 29.1 Å². The summed E-state index contributed by atoms with van der Waals surface area (Å²) >= 11 is 13.3. The van der Waals surface area contributed by atoms with E-state index in [1.807, 2.05) is 17.5 Å². The minimum absolute atomic E-state index is 0.350. The molecule has 0 aliphatic rings. The van der Waals surface area contributed by atoms with Gasteiger partial charge in [-0.3, -0.25) is 10.1 Å². The van der Waals surface area contributed by atoms with Crippen LogP contribution in [0.1, 0.15) is 16.5 Å². The summed E-state index contributed by atoms with van der Waals surface area (Å²) in [6, 6.07) is 7.90. The van der Waals surface area contributed by atoms with Crippen molar-refractivity contribution in [2.24, 2.45) is 0 Å². The summed E-state index contributed by atoms with van der Waals surface area (Å²) in [5.74, 6) is -0.949. The van der Waals surface area contributed by atoms with E-state index in [9.17, 15) is 9.90 Å². The van der Waals surface area contributed by atoms with Crippen molar-refractivity contribution in [3.8, 4) is 0 Å². The van der Waals surface area contributed by atoms with Crippen molar-refractivity contribution in [3.05, 3.63) is 56.2 Å². The average Bonchev–Trinajstić information content (AvgIpc) is 2.86. The molecule has 0 saturated heterocycles. The standard InChI is InChI=1S/C13H11Cl2NO2S/c14-10-4-3-8(6-11(10)15)12(13(17)18)16-7-9-2-1-5-19-9/h1-6,12,16H,7H2,(H,17,18). The van der Waals surface area contributed by atoms with Crippen LogP contribution in [-0.4, -0.2) is 11.1 Å². The Kier molecular flexibility index (Phi) is 4.82. The van der Waals surface area contributed by atoms with Gasteiger partial charge in [0.25, 0.3) is 0 Å². The van der Waals surface area contributed by atoms with Crippen LogP contribution in [0.15, 0.2) is 35.7 Å². The van der Waals surface area contributed by atoms with Gasteiger partial charge in [0.15, 0.2) is 0 Å². The van der Waals surface area contributed by atoms with Crippen molar-refractivity contribution in [1.82, 2.24) is 5.32 Å². The molecule has 1 aromatic carbocycles. The third-order valence-corrected chi connectivity index (χ3v) is 4.20. The molecule has 0 radical (unpaired) electrons. The maximum atomic E-state index is 11.3. The van der Waals surface area contributed by atoms with Crippen molar-refractivity contribution in [1.29, 1.82) is 0 Å². The van der Waals surface area contributed by atoms with E-state index in [2.05, 4.69) is 5.32 Å². The highest BCUT2D eigenvalue weighted by atomic mass is 35.5. The molecule has 2 rings (SSSR count). The molecule has 6 heteroatoms. The van der Waals surface area contributed by atoms with Gasteiger partial charge in [-0.2, -0.15) is 0 Å². The lowest BCUT2D eigenvalue weighted by molar-refractivity contribution is -0.139. The number of thiophene rings is 1. The summed E-state index contributed by atoms with van der Waals surface area (Å²) in [5, 5.41) is 15.0. The van der Waals surface area contributed by atoms with Crippen molar-refractivity contribution in [2.75, 3.05) is 0 Å². The Labute approximate surface area is 124 Å². The lowest BCUT2D eigenvalue weighted by atomic mass is 10.1. The molecule has 3 nitrogen and oxygen atoms in total. The highest BCUT2D eigenvalue weighted by Crippen LogP contribution is 2.26. The van der Waals surface area contributed by atoms with Crippen molar-refractivity contribution in [2.45, 2.75) is 12.6 Å². The number of halogens is 2. The zero-order valence-electron chi connectivity index (χ0n) is 9.77. The summed E-state index contributed by atoms with van der Waals surface area (Å²) in [6.45, 7) is 0.495. The van der Waals surface area contributed by atoms with Gasteiger partial charge < -0.3 is 5.11 Å². The number of hydrogen-bond donors (Lipinski definition) is 2. The van der Waals surface area contributed by atoms with Crippen LogP contribution < -0.4 is 5.32 Å². The molecule has 1 unspecified atom stereocenters. The summed E-state index contributed by atoms with van der Waals surface area (Å²) < 4.78 is 0. The monoisotopic (exact) mass is 315 g/mol. The van der Waals surface area contributed by atoms with E-state index in [1.165, 1.54) is 0 Å². The largest absolute Gasteiger partial charge is 0.480 e. The van der Waals surface area contributed by atoms with Gasteiger partial charge in [0.1, 0.15) is 6.04 Å². The van der Waals surface area contributed by atoms with Gasteiger partial charge in [0.2, 0.25) is 0 Å². The van der Waals surface area contributed by atoms with Crippen LogP contribution in [0, 0.1) is 0 Å². The normalized spacial score (nSPS) is 12.3. The molecule has 2 aromatic rings. The second kappa shape index (κ2) is 6.39. The topological polar surface area (TPSA) is 49.3 Å². The van der Waals surface area contributed by atoms with E-state index in [1.54, 1.807) is 29.5 Å². The molecule has 1 aromatic heterocycles. The first-order valence-corrected chi connectivity index (χ1v) is 7.15. The Balaban J connectivity index is 2.15. The summed E-state index contributed by atoms with van der Waals surface area (Å²) in [6.07, 6.45) is 0. The quantitative estimate of drug-likeness (QED) is 0.877. The van der Waals surface area contributed by atoms with Gasteiger partial charge >= 0.3 is 5.97 Å². The van der Waals surface area contributed by atoms with E-state index < -0.39 is 12.0 Å². The molecule has 1 atom stereocenters. The zero-order chi connectivity index (χ0) is 13.8. The molecule has 0 aliphatic carbocycles. The molecule has 0 spiro atoms. The number of carbonyl (C=O) groups is 1. The van der Waals surface area contributed by atoms with Crippen molar-refractivity contribution in [3.63, 3.8) is 0 Å². The third-order valence-electron chi connectivity index (χ3n) is 2.58. The fraction of sp³-hybridized carbons (Fsp3) is 0.154. The minimum atomic E-state index is -0.949. The van der Waals surface area contributed by atoms with Crippen LogP contribution >= 0.6 is 34.5 Å². The first-order valence-electron chi connectivity index (χ1n) is 5.51.